The van der Waals surface area contributed by atoms with Crippen molar-refractivity contribution in [1.29, 1.82) is 0 Å². The van der Waals surface area contributed by atoms with Gasteiger partial charge in [-0.3, -0.25) is 0 Å². The third-order valence-corrected chi connectivity index (χ3v) is 6.00. The molecule has 0 amide bonds. The molecule has 112 valence electrons. The maximum Gasteiger partial charge on any atom is 0.0178 e. The maximum absolute atomic E-state index is 3.65. The molecule has 3 aromatic carbocycles. The lowest BCUT2D eigenvalue weighted by atomic mass is 9.66. The van der Waals surface area contributed by atoms with E-state index >= 15 is 0 Å². The first-order valence-electron chi connectivity index (χ1n) is 8.26. The van der Waals surface area contributed by atoms with Gasteiger partial charge in [0.15, 0.2) is 0 Å². The molecule has 1 heteroatoms. The van der Waals surface area contributed by atoms with Gasteiger partial charge in [-0.15, -0.1) is 0 Å². The van der Waals surface area contributed by atoms with Crippen LogP contribution in [0, 0.1) is 0 Å². The summed E-state index contributed by atoms with van der Waals surface area (Å²) in [6.07, 6.45) is 2.19. The zero-order valence-corrected chi connectivity index (χ0v) is 14.4. The summed E-state index contributed by atoms with van der Waals surface area (Å²) in [7, 11) is 0. The van der Waals surface area contributed by atoms with Crippen molar-refractivity contribution in [3.8, 4) is 0 Å². The molecule has 0 atom stereocenters. The molecule has 0 saturated carbocycles. The van der Waals surface area contributed by atoms with E-state index in [1.54, 1.807) is 0 Å². The zero-order valence-electron chi connectivity index (χ0n) is 12.8. The minimum atomic E-state index is 0.479. The Hall–Kier alpha value is -1.86. The minimum Gasteiger partial charge on any atom is -0.0620 e. The Morgan fingerprint density at radius 3 is 1.61 bits per heavy atom. The minimum absolute atomic E-state index is 0.479. The Morgan fingerprint density at radius 2 is 1.09 bits per heavy atom. The highest BCUT2D eigenvalue weighted by Gasteiger charge is 2.34. The average molecular weight is 361 g/mol. The van der Waals surface area contributed by atoms with Crippen LogP contribution in [0.15, 0.2) is 71.2 Å². The van der Waals surface area contributed by atoms with Crippen LogP contribution in [0.3, 0.4) is 0 Å². The van der Waals surface area contributed by atoms with Crippen LogP contribution in [-0.4, -0.2) is 0 Å². The molecule has 0 saturated heterocycles. The van der Waals surface area contributed by atoms with E-state index in [0.717, 1.165) is 12.8 Å². The van der Waals surface area contributed by atoms with Crippen LogP contribution in [0.4, 0.5) is 0 Å². The van der Waals surface area contributed by atoms with Crippen molar-refractivity contribution in [3.63, 3.8) is 0 Å². The molecule has 0 fully saturated rings. The van der Waals surface area contributed by atoms with Gasteiger partial charge in [0.1, 0.15) is 0 Å². The Labute approximate surface area is 145 Å². The summed E-state index contributed by atoms with van der Waals surface area (Å²) in [5.74, 6) is 0.964. The van der Waals surface area contributed by atoms with E-state index < -0.39 is 0 Å². The van der Waals surface area contributed by atoms with Crippen molar-refractivity contribution in [1.82, 2.24) is 0 Å². The maximum atomic E-state index is 3.65. The fourth-order valence-electron chi connectivity index (χ4n) is 4.49. The Bertz CT molecular complexity index is 862. The highest BCUT2D eigenvalue weighted by molar-refractivity contribution is 9.10. The molecule has 23 heavy (non-hydrogen) atoms. The second kappa shape index (κ2) is 5.07. The SMILES string of the molecule is Brc1ccc2c(c1)CC1c3ccccc3C(C2)c2ccccc21. The molecule has 0 spiro atoms. The van der Waals surface area contributed by atoms with Crippen LogP contribution in [0.2, 0.25) is 0 Å². The molecule has 3 aromatic rings. The summed E-state index contributed by atoms with van der Waals surface area (Å²) in [6, 6.07) is 25.0. The van der Waals surface area contributed by atoms with E-state index in [0.29, 0.717) is 11.8 Å². The first-order chi connectivity index (χ1) is 11.3. The number of hydrogen-bond donors (Lipinski definition) is 0. The Balaban J connectivity index is 1.79. The summed E-state index contributed by atoms with van der Waals surface area (Å²) in [5, 5.41) is 0. The van der Waals surface area contributed by atoms with Gasteiger partial charge in [0.05, 0.1) is 0 Å². The largest absolute Gasteiger partial charge is 0.0620 e. The van der Waals surface area contributed by atoms with Crippen LogP contribution in [0.5, 0.6) is 0 Å². The highest BCUT2D eigenvalue weighted by Crippen LogP contribution is 2.48. The van der Waals surface area contributed by atoms with Crippen LogP contribution in [-0.2, 0) is 12.8 Å². The molecule has 0 radical (unpaired) electrons. The molecular weight excluding hydrogens is 344 g/mol. The van der Waals surface area contributed by atoms with Gasteiger partial charge in [0.2, 0.25) is 0 Å². The van der Waals surface area contributed by atoms with Gasteiger partial charge >= 0.3 is 0 Å². The quantitative estimate of drug-likeness (QED) is 0.473. The molecule has 0 aliphatic heterocycles. The van der Waals surface area contributed by atoms with E-state index in [9.17, 15) is 0 Å². The molecule has 0 nitrogen and oxygen atoms in total. The smallest absolute Gasteiger partial charge is 0.0178 e. The lowest BCUT2D eigenvalue weighted by molar-refractivity contribution is 0.654. The monoisotopic (exact) mass is 360 g/mol. The van der Waals surface area contributed by atoms with Gasteiger partial charge in [-0.05, 0) is 58.4 Å². The van der Waals surface area contributed by atoms with Crippen molar-refractivity contribution in [3.05, 3.63) is 105 Å². The standard InChI is InChI=1S/C22H17Br/c23-16-10-9-14-12-21-17-5-1-3-7-19(17)22(13-15(14)11-16)20-8-4-2-6-18(20)21/h1-11,21-22H,12-13H2. The molecule has 3 aliphatic rings. The molecule has 0 N–H and O–H groups in total. The van der Waals surface area contributed by atoms with Gasteiger partial charge in [-0.2, -0.15) is 0 Å². The average Bonchev–Trinajstić information content (AvgIpc) is 2.57. The number of benzene rings is 3. The summed E-state index contributed by atoms with van der Waals surface area (Å²) >= 11 is 3.65. The van der Waals surface area contributed by atoms with Crippen LogP contribution in [0.1, 0.15) is 45.2 Å². The van der Waals surface area contributed by atoms with Crippen molar-refractivity contribution in [2.24, 2.45) is 0 Å². The molecule has 3 aliphatic carbocycles. The number of rotatable bonds is 0. The predicted octanol–water partition coefficient (Wildman–Crippen LogP) is 5.83. The fraction of sp³-hybridized carbons (Fsp3) is 0.182. The van der Waals surface area contributed by atoms with Crippen LogP contribution in [0.25, 0.3) is 0 Å². The summed E-state index contributed by atoms with van der Waals surface area (Å²) in [5.41, 5.74) is 9.13. The van der Waals surface area contributed by atoms with Crippen molar-refractivity contribution in [2.75, 3.05) is 0 Å². The summed E-state index contributed by atoms with van der Waals surface area (Å²) in [4.78, 5) is 0. The van der Waals surface area contributed by atoms with Crippen molar-refractivity contribution < 1.29 is 0 Å². The van der Waals surface area contributed by atoms with Gasteiger partial charge in [0, 0.05) is 16.3 Å². The topological polar surface area (TPSA) is 0 Å². The summed E-state index contributed by atoms with van der Waals surface area (Å²) in [6.45, 7) is 0. The molecule has 0 unspecified atom stereocenters. The third-order valence-electron chi connectivity index (χ3n) is 5.51. The molecule has 2 bridgehead atoms. The normalized spacial score (nSPS) is 20.9. The van der Waals surface area contributed by atoms with E-state index in [4.69, 9.17) is 0 Å². The second-order valence-electron chi connectivity index (χ2n) is 6.68. The first-order valence-corrected chi connectivity index (χ1v) is 9.05. The lowest BCUT2D eigenvalue weighted by Gasteiger charge is -2.37. The predicted molar refractivity (Wildman–Crippen MR) is 98.1 cm³/mol. The first kappa shape index (κ1) is 13.6. The Kier molecular flexibility index (Phi) is 2.99. The Morgan fingerprint density at radius 1 is 0.609 bits per heavy atom. The van der Waals surface area contributed by atoms with Gasteiger partial charge in [-0.25, -0.2) is 0 Å². The van der Waals surface area contributed by atoms with Gasteiger partial charge in [0.25, 0.3) is 0 Å². The number of hydrogen-bond acceptors (Lipinski definition) is 0. The van der Waals surface area contributed by atoms with E-state index in [2.05, 4.69) is 82.7 Å². The van der Waals surface area contributed by atoms with Crippen molar-refractivity contribution in [2.45, 2.75) is 24.7 Å². The summed E-state index contributed by atoms with van der Waals surface area (Å²) < 4.78 is 1.19. The van der Waals surface area contributed by atoms with E-state index in [-0.39, 0.29) is 0 Å². The van der Waals surface area contributed by atoms with Crippen LogP contribution < -0.4 is 0 Å². The van der Waals surface area contributed by atoms with Gasteiger partial charge < -0.3 is 0 Å². The zero-order chi connectivity index (χ0) is 15.4. The van der Waals surface area contributed by atoms with Crippen LogP contribution >= 0.6 is 15.9 Å². The molecule has 0 aromatic heterocycles. The molecule has 6 rings (SSSR count). The highest BCUT2D eigenvalue weighted by atomic mass is 79.9. The molecule has 0 heterocycles. The lowest BCUT2D eigenvalue weighted by Crippen LogP contribution is -2.24. The van der Waals surface area contributed by atoms with E-state index in [1.165, 1.54) is 37.9 Å². The number of halogens is 1. The second-order valence-corrected chi connectivity index (χ2v) is 7.60. The van der Waals surface area contributed by atoms with Crippen molar-refractivity contribution >= 4 is 15.9 Å². The van der Waals surface area contributed by atoms with E-state index in [1.807, 2.05) is 0 Å². The fourth-order valence-corrected chi connectivity index (χ4v) is 4.90. The van der Waals surface area contributed by atoms with Gasteiger partial charge in [-0.1, -0.05) is 70.5 Å². The third kappa shape index (κ3) is 2.03. The molecular formula is C22H17Br.